The van der Waals surface area contributed by atoms with Crippen molar-refractivity contribution in [1.82, 2.24) is 10.2 Å². The van der Waals surface area contributed by atoms with Gasteiger partial charge in [-0.25, -0.2) is 5.10 Å². The molecule has 1 unspecified atom stereocenters. The molecular formula is C14H15N3O3. The average Bonchev–Trinajstić information content (AvgIpc) is 2.40. The first-order valence-electron chi connectivity index (χ1n) is 6.13. The Kier molecular flexibility index (Phi) is 3.95. The summed E-state index contributed by atoms with van der Waals surface area (Å²) in [6.45, 7) is 3.21. The number of anilines is 1. The summed E-state index contributed by atoms with van der Waals surface area (Å²) in [7, 11) is 0. The molecule has 1 atom stereocenters. The van der Waals surface area contributed by atoms with Crippen molar-refractivity contribution in [3.8, 4) is 11.3 Å². The summed E-state index contributed by atoms with van der Waals surface area (Å²) in [5.74, 6) is -0.462. The Bertz CT molecular complexity index is 675. The second kappa shape index (κ2) is 5.66. The van der Waals surface area contributed by atoms with Crippen LogP contribution in [0.25, 0.3) is 11.3 Å². The van der Waals surface area contributed by atoms with E-state index in [1.54, 1.807) is 31.2 Å². The van der Waals surface area contributed by atoms with Crippen LogP contribution in [0, 0.1) is 6.92 Å². The lowest BCUT2D eigenvalue weighted by atomic mass is 10.1. The van der Waals surface area contributed by atoms with Gasteiger partial charge in [-0.15, -0.1) is 0 Å². The number of amides is 1. The lowest BCUT2D eigenvalue weighted by molar-refractivity contribution is -0.123. The van der Waals surface area contributed by atoms with E-state index in [1.807, 2.05) is 0 Å². The molecule has 0 fully saturated rings. The molecule has 1 aromatic carbocycles. The highest BCUT2D eigenvalue weighted by Crippen LogP contribution is 2.21. The Hall–Kier alpha value is -2.47. The van der Waals surface area contributed by atoms with Gasteiger partial charge in [0.05, 0.1) is 5.69 Å². The zero-order chi connectivity index (χ0) is 14.7. The van der Waals surface area contributed by atoms with Gasteiger partial charge in [-0.05, 0) is 31.5 Å². The Morgan fingerprint density at radius 3 is 2.55 bits per heavy atom. The highest BCUT2D eigenvalue weighted by atomic mass is 16.3. The molecule has 3 N–H and O–H groups in total. The van der Waals surface area contributed by atoms with Crippen LogP contribution in [-0.4, -0.2) is 27.3 Å². The molecule has 104 valence electrons. The van der Waals surface area contributed by atoms with Crippen molar-refractivity contribution in [2.45, 2.75) is 20.0 Å². The fourth-order valence-electron chi connectivity index (χ4n) is 1.75. The molecule has 2 rings (SSSR count). The van der Waals surface area contributed by atoms with Crippen molar-refractivity contribution in [2.24, 2.45) is 0 Å². The molecule has 20 heavy (non-hydrogen) atoms. The summed E-state index contributed by atoms with van der Waals surface area (Å²) < 4.78 is 0. The molecule has 6 heteroatoms. The van der Waals surface area contributed by atoms with Gasteiger partial charge in [0.15, 0.2) is 0 Å². The van der Waals surface area contributed by atoms with Crippen LogP contribution in [0.2, 0.25) is 0 Å². The summed E-state index contributed by atoms with van der Waals surface area (Å²) in [4.78, 5) is 22.5. The summed E-state index contributed by atoms with van der Waals surface area (Å²) in [5, 5.41) is 18.1. The van der Waals surface area contributed by atoms with Gasteiger partial charge in [0, 0.05) is 17.3 Å². The molecule has 0 radical (unpaired) electrons. The second-order valence-electron chi connectivity index (χ2n) is 4.51. The highest BCUT2D eigenvalue weighted by molar-refractivity contribution is 5.93. The first-order chi connectivity index (χ1) is 9.47. The van der Waals surface area contributed by atoms with E-state index < -0.39 is 12.0 Å². The number of aryl methyl sites for hydroxylation is 1. The number of hydrogen-bond acceptors (Lipinski definition) is 4. The predicted molar refractivity (Wildman–Crippen MR) is 75.3 cm³/mol. The van der Waals surface area contributed by atoms with Gasteiger partial charge in [0.1, 0.15) is 6.10 Å². The van der Waals surface area contributed by atoms with Gasteiger partial charge >= 0.3 is 0 Å². The molecule has 0 aliphatic rings. The number of benzene rings is 1. The SMILES string of the molecule is Cc1cc(=O)[nH]nc1-c1ccc(NC(=O)C(C)O)cc1. The summed E-state index contributed by atoms with van der Waals surface area (Å²) >= 11 is 0. The summed E-state index contributed by atoms with van der Waals surface area (Å²) in [6, 6.07) is 8.46. The topological polar surface area (TPSA) is 95.1 Å². The van der Waals surface area contributed by atoms with Crippen LogP contribution in [0.1, 0.15) is 12.5 Å². The maximum atomic E-state index is 11.3. The Labute approximate surface area is 115 Å². The van der Waals surface area contributed by atoms with Gasteiger partial charge < -0.3 is 10.4 Å². The first kappa shape index (κ1) is 14.0. The van der Waals surface area contributed by atoms with Gasteiger partial charge in [0.25, 0.3) is 11.5 Å². The van der Waals surface area contributed by atoms with Crippen LogP contribution in [0.5, 0.6) is 0 Å². The Morgan fingerprint density at radius 1 is 1.35 bits per heavy atom. The van der Waals surface area contributed by atoms with E-state index in [-0.39, 0.29) is 5.56 Å². The lowest BCUT2D eigenvalue weighted by Gasteiger charge is -2.08. The van der Waals surface area contributed by atoms with Crippen LogP contribution < -0.4 is 10.9 Å². The molecule has 1 amide bonds. The van der Waals surface area contributed by atoms with E-state index in [1.165, 1.54) is 13.0 Å². The van der Waals surface area contributed by atoms with Crippen molar-refractivity contribution in [3.63, 3.8) is 0 Å². The number of carbonyl (C=O) groups excluding carboxylic acids is 1. The predicted octanol–water partition coefficient (Wildman–Crippen LogP) is 1.06. The zero-order valence-corrected chi connectivity index (χ0v) is 11.2. The van der Waals surface area contributed by atoms with Gasteiger partial charge in [-0.2, -0.15) is 5.10 Å². The van der Waals surface area contributed by atoms with Crippen LogP contribution in [-0.2, 0) is 4.79 Å². The van der Waals surface area contributed by atoms with Crippen molar-refractivity contribution in [3.05, 3.63) is 46.2 Å². The molecule has 1 aromatic heterocycles. The largest absolute Gasteiger partial charge is 0.384 e. The standard InChI is InChI=1S/C14H15N3O3/c1-8-7-12(19)16-17-13(8)10-3-5-11(6-4-10)15-14(20)9(2)18/h3-7,9,18H,1-2H3,(H,15,20)(H,16,19). The molecule has 0 aliphatic carbocycles. The average molecular weight is 273 g/mol. The molecule has 0 spiro atoms. The number of aliphatic hydroxyl groups excluding tert-OH is 1. The van der Waals surface area contributed by atoms with E-state index in [0.717, 1.165) is 11.1 Å². The van der Waals surface area contributed by atoms with E-state index >= 15 is 0 Å². The number of carbonyl (C=O) groups is 1. The van der Waals surface area contributed by atoms with Crippen molar-refractivity contribution < 1.29 is 9.90 Å². The molecule has 1 heterocycles. The minimum atomic E-state index is -1.06. The maximum absolute atomic E-state index is 11.3. The molecule has 0 aliphatic heterocycles. The second-order valence-corrected chi connectivity index (χ2v) is 4.51. The third kappa shape index (κ3) is 3.10. The van der Waals surface area contributed by atoms with Crippen LogP contribution >= 0.6 is 0 Å². The van der Waals surface area contributed by atoms with E-state index in [4.69, 9.17) is 5.11 Å². The number of aromatic nitrogens is 2. The summed E-state index contributed by atoms with van der Waals surface area (Å²) in [6.07, 6.45) is -1.06. The minimum absolute atomic E-state index is 0.243. The van der Waals surface area contributed by atoms with E-state index in [2.05, 4.69) is 15.5 Å². The Morgan fingerprint density at radius 2 is 2.00 bits per heavy atom. The normalized spacial score (nSPS) is 11.9. The monoisotopic (exact) mass is 273 g/mol. The molecule has 0 saturated carbocycles. The third-order valence-electron chi connectivity index (χ3n) is 2.80. The fraction of sp³-hybridized carbons (Fsp3) is 0.214. The van der Waals surface area contributed by atoms with Crippen LogP contribution in [0.4, 0.5) is 5.69 Å². The molecular weight excluding hydrogens is 258 g/mol. The number of H-pyrrole nitrogens is 1. The van der Waals surface area contributed by atoms with E-state index in [9.17, 15) is 9.59 Å². The fourth-order valence-corrected chi connectivity index (χ4v) is 1.75. The number of nitrogens with one attached hydrogen (secondary N) is 2. The van der Waals surface area contributed by atoms with Crippen LogP contribution in [0.3, 0.4) is 0 Å². The quantitative estimate of drug-likeness (QED) is 0.779. The van der Waals surface area contributed by atoms with Crippen molar-refractivity contribution >= 4 is 11.6 Å². The van der Waals surface area contributed by atoms with Gasteiger partial charge in [-0.3, -0.25) is 9.59 Å². The number of hydrogen-bond donors (Lipinski definition) is 3. The smallest absolute Gasteiger partial charge is 0.264 e. The number of nitrogens with zero attached hydrogens (tertiary/aromatic N) is 1. The number of aliphatic hydroxyl groups is 1. The molecule has 0 saturated heterocycles. The highest BCUT2D eigenvalue weighted by Gasteiger charge is 2.09. The van der Waals surface area contributed by atoms with Crippen LogP contribution in [0.15, 0.2) is 35.1 Å². The molecule has 2 aromatic rings. The zero-order valence-electron chi connectivity index (χ0n) is 11.2. The number of aromatic amines is 1. The lowest BCUT2D eigenvalue weighted by Crippen LogP contribution is -2.24. The minimum Gasteiger partial charge on any atom is -0.384 e. The van der Waals surface area contributed by atoms with Gasteiger partial charge in [-0.1, -0.05) is 12.1 Å². The molecule has 0 bridgehead atoms. The van der Waals surface area contributed by atoms with Crippen molar-refractivity contribution in [1.29, 1.82) is 0 Å². The number of rotatable bonds is 3. The van der Waals surface area contributed by atoms with Gasteiger partial charge in [0.2, 0.25) is 0 Å². The Balaban J connectivity index is 2.24. The molecule has 6 nitrogen and oxygen atoms in total. The first-order valence-corrected chi connectivity index (χ1v) is 6.13. The summed E-state index contributed by atoms with van der Waals surface area (Å²) in [5.41, 5.74) is 2.62. The van der Waals surface area contributed by atoms with E-state index in [0.29, 0.717) is 11.4 Å². The van der Waals surface area contributed by atoms with Crippen molar-refractivity contribution in [2.75, 3.05) is 5.32 Å². The third-order valence-corrected chi connectivity index (χ3v) is 2.80. The maximum Gasteiger partial charge on any atom is 0.264 e.